The van der Waals surface area contributed by atoms with E-state index in [9.17, 15) is 0 Å². The molecule has 116 valence electrons. The lowest BCUT2D eigenvalue weighted by molar-refractivity contribution is 0.201. The molecule has 2 rings (SSSR count). The lowest BCUT2D eigenvalue weighted by Crippen LogP contribution is -2.32. The lowest BCUT2D eigenvalue weighted by atomic mass is 9.93. The summed E-state index contributed by atoms with van der Waals surface area (Å²) in [6, 6.07) is 2.83. The van der Waals surface area contributed by atoms with Crippen LogP contribution in [0.2, 0.25) is 0 Å². The van der Waals surface area contributed by atoms with Crippen LogP contribution >= 0.6 is 0 Å². The first-order chi connectivity index (χ1) is 10.1. The smallest absolute Gasteiger partial charge is 0.0519 e. The summed E-state index contributed by atoms with van der Waals surface area (Å²) in [7, 11) is 3.91. The average Bonchev–Trinajstić information content (AvgIpc) is 2.53. The number of ether oxygens (including phenoxy) is 1. The van der Waals surface area contributed by atoms with Crippen LogP contribution in [0.25, 0.3) is 5.70 Å². The summed E-state index contributed by atoms with van der Waals surface area (Å²) >= 11 is 0. The summed E-state index contributed by atoms with van der Waals surface area (Å²) < 4.78 is 5.20. The van der Waals surface area contributed by atoms with Crippen LogP contribution in [0.3, 0.4) is 0 Å². The molecule has 1 fully saturated rings. The fraction of sp³-hybridized carbons (Fsp3) is 0.611. The molecule has 1 aliphatic rings. The van der Waals surface area contributed by atoms with Gasteiger partial charge in [-0.1, -0.05) is 25.8 Å². The maximum atomic E-state index is 5.20. The summed E-state index contributed by atoms with van der Waals surface area (Å²) in [5.74, 6) is 0. The molecule has 0 aromatic carbocycles. The molecule has 1 saturated carbocycles. The standard InChI is InChI=1S/C18H28N2O/c1-14-12-17(18(19-13-14)10-11-21-4)15(2)20(3)16-8-6-5-7-9-16/h12-13,16H,2,5-11H2,1,3-4H3. The van der Waals surface area contributed by atoms with Crippen molar-refractivity contribution in [3.05, 3.63) is 35.7 Å². The highest BCUT2D eigenvalue weighted by molar-refractivity contribution is 5.64. The molecular weight excluding hydrogens is 260 g/mol. The minimum absolute atomic E-state index is 0.627. The van der Waals surface area contributed by atoms with E-state index in [0.29, 0.717) is 12.6 Å². The number of aryl methyl sites for hydroxylation is 1. The quantitative estimate of drug-likeness (QED) is 0.796. The Morgan fingerprint density at radius 3 is 2.76 bits per heavy atom. The number of pyridine rings is 1. The molecule has 0 aliphatic heterocycles. The molecule has 21 heavy (non-hydrogen) atoms. The van der Waals surface area contributed by atoms with Crippen LogP contribution in [-0.4, -0.2) is 36.7 Å². The Kier molecular flexibility index (Phi) is 5.80. The first-order valence-corrected chi connectivity index (χ1v) is 8.00. The van der Waals surface area contributed by atoms with Crippen LogP contribution in [0.4, 0.5) is 0 Å². The number of methoxy groups -OCH3 is 1. The first-order valence-electron chi connectivity index (χ1n) is 8.00. The highest BCUT2D eigenvalue weighted by Crippen LogP contribution is 2.28. The molecule has 0 unspecified atom stereocenters. The molecule has 0 N–H and O–H groups in total. The third-order valence-electron chi connectivity index (χ3n) is 4.51. The second-order valence-corrected chi connectivity index (χ2v) is 6.10. The van der Waals surface area contributed by atoms with E-state index in [1.54, 1.807) is 7.11 Å². The molecule has 1 aromatic heterocycles. The van der Waals surface area contributed by atoms with Crippen LogP contribution < -0.4 is 0 Å². The Morgan fingerprint density at radius 2 is 2.10 bits per heavy atom. The second-order valence-electron chi connectivity index (χ2n) is 6.10. The summed E-state index contributed by atoms with van der Waals surface area (Å²) in [6.07, 6.45) is 9.38. The van der Waals surface area contributed by atoms with Crippen LogP contribution in [0.1, 0.15) is 48.9 Å². The molecule has 0 amide bonds. The maximum absolute atomic E-state index is 5.20. The molecule has 0 radical (unpaired) electrons. The topological polar surface area (TPSA) is 25.4 Å². The van der Waals surface area contributed by atoms with E-state index < -0.39 is 0 Å². The minimum atomic E-state index is 0.627. The molecule has 0 saturated heterocycles. The zero-order chi connectivity index (χ0) is 15.2. The monoisotopic (exact) mass is 288 g/mol. The normalized spacial score (nSPS) is 16.0. The fourth-order valence-electron chi connectivity index (χ4n) is 3.12. The Hall–Kier alpha value is -1.35. The third-order valence-corrected chi connectivity index (χ3v) is 4.51. The van der Waals surface area contributed by atoms with Crippen molar-refractivity contribution in [2.75, 3.05) is 20.8 Å². The van der Waals surface area contributed by atoms with Crippen molar-refractivity contribution in [3.63, 3.8) is 0 Å². The van der Waals surface area contributed by atoms with E-state index in [-0.39, 0.29) is 0 Å². The van der Waals surface area contributed by atoms with Gasteiger partial charge in [0.1, 0.15) is 0 Å². The summed E-state index contributed by atoms with van der Waals surface area (Å²) in [5.41, 5.74) is 4.56. The van der Waals surface area contributed by atoms with Crippen molar-refractivity contribution in [1.29, 1.82) is 0 Å². The van der Waals surface area contributed by atoms with Gasteiger partial charge in [-0.2, -0.15) is 0 Å². The van der Waals surface area contributed by atoms with Gasteiger partial charge in [-0.25, -0.2) is 0 Å². The van der Waals surface area contributed by atoms with Gasteiger partial charge in [0.2, 0.25) is 0 Å². The molecule has 3 heteroatoms. The van der Waals surface area contributed by atoms with E-state index in [2.05, 4.69) is 36.5 Å². The molecule has 1 aromatic rings. The van der Waals surface area contributed by atoms with Crippen molar-refractivity contribution in [1.82, 2.24) is 9.88 Å². The van der Waals surface area contributed by atoms with Gasteiger partial charge in [-0.15, -0.1) is 0 Å². The van der Waals surface area contributed by atoms with Gasteiger partial charge in [0.15, 0.2) is 0 Å². The molecule has 0 bridgehead atoms. The highest BCUT2D eigenvalue weighted by Gasteiger charge is 2.21. The molecule has 0 atom stereocenters. The molecular formula is C18H28N2O. The largest absolute Gasteiger partial charge is 0.384 e. The van der Waals surface area contributed by atoms with Gasteiger partial charge < -0.3 is 9.64 Å². The predicted octanol–water partition coefficient (Wildman–Crippen LogP) is 3.81. The van der Waals surface area contributed by atoms with Crippen molar-refractivity contribution >= 4 is 5.70 Å². The van der Waals surface area contributed by atoms with Crippen molar-refractivity contribution < 1.29 is 4.74 Å². The number of hydrogen-bond donors (Lipinski definition) is 0. The molecule has 3 nitrogen and oxygen atoms in total. The average molecular weight is 288 g/mol. The zero-order valence-corrected chi connectivity index (χ0v) is 13.7. The van der Waals surface area contributed by atoms with E-state index >= 15 is 0 Å². The summed E-state index contributed by atoms with van der Waals surface area (Å²) in [4.78, 5) is 6.96. The van der Waals surface area contributed by atoms with Gasteiger partial charge in [0.25, 0.3) is 0 Å². The number of nitrogens with zero attached hydrogens (tertiary/aromatic N) is 2. The number of aromatic nitrogens is 1. The Bertz CT molecular complexity index is 478. The summed E-state index contributed by atoms with van der Waals surface area (Å²) in [6.45, 7) is 7.14. The third kappa shape index (κ3) is 4.07. The summed E-state index contributed by atoms with van der Waals surface area (Å²) in [5, 5.41) is 0. The Balaban J connectivity index is 2.18. The van der Waals surface area contributed by atoms with E-state index in [4.69, 9.17) is 4.74 Å². The second kappa shape index (κ2) is 7.60. The molecule has 1 heterocycles. The molecule has 1 aliphatic carbocycles. The fourth-order valence-corrected chi connectivity index (χ4v) is 3.12. The highest BCUT2D eigenvalue weighted by atomic mass is 16.5. The van der Waals surface area contributed by atoms with Crippen LogP contribution in [-0.2, 0) is 11.2 Å². The number of hydrogen-bond acceptors (Lipinski definition) is 3. The SMILES string of the molecule is C=C(c1cc(C)cnc1CCOC)N(C)C1CCCCC1. The minimum Gasteiger partial charge on any atom is -0.384 e. The van der Waals surface area contributed by atoms with Gasteiger partial charge >= 0.3 is 0 Å². The van der Waals surface area contributed by atoms with Gasteiger partial charge in [-0.05, 0) is 31.4 Å². The van der Waals surface area contributed by atoms with E-state index in [0.717, 1.165) is 17.8 Å². The lowest BCUT2D eigenvalue weighted by Gasteiger charge is -2.34. The Labute approximate surface area is 129 Å². The van der Waals surface area contributed by atoms with Crippen LogP contribution in [0.15, 0.2) is 18.8 Å². The van der Waals surface area contributed by atoms with Crippen molar-refractivity contribution in [3.8, 4) is 0 Å². The predicted molar refractivity (Wildman–Crippen MR) is 88.2 cm³/mol. The van der Waals surface area contributed by atoms with Gasteiger partial charge in [-0.3, -0.25) is 4.98 Å². The van der Waals surface area contributed by atoms with Gasteiger partial charge in [0, 0.05) is 44.1 Å². The maximum Gasteiger partial charge on any atom is 0.0519 e. The first kappa shape index (κ1) is 16.0. The van der Waals surface area contributed by atoms with E-state index in [1.165, 1.54) is 43.2 Å². The van der Waals surface area contributed by atoms with Crippen LogP contribution in [0.5, 0.6) is 0 Å². The Morgan fingerprint density at radius 1 is 1.38 bits per heavy atom. The van der Waals surface area contributed by atoms with Gasteiger partial charge in [0.05, 0.1) is 12.3 Å². The number of rotatable bonds is 6. The van der Waals surface area contributed by atoms with Crippen molar-refractivity contribution in [2.24, 2.45) is 0 Å². The molecule has 0 spiro atoms. The van der Waals surface area contributed by atoms with Crippen molar-refractivity contribution in [2.45, 2.75) is 51.5 Å². The van der Waals surface area contributed by atoms with Crippen LogP contribution in [0, 0.1) is 6.92 Å². The van der Waals surface area contributed by atoms with E-state index in [1.807, 2.05) is 6.20 Å². The zero-order valence-electron chi connectivity index (χ0n) is 13.7.